The van der Waals surface area contributed by atoms with Crippen LogP contribution in [0.25, 0.3) is 0 Å². The van der Waals surface area contributed by atoms with E-state index in [2.05, 4.69) is 27.4 Å². The van der Waals surface area contributed by atoms with Gasteiger partial charge in [-0.05, 0) is 18.1 Å². The molecular formula is C17H16N4S. The predicted molar refractivity (Wildman–Crippen MR) is 90.2 cm³/mol. The molecule has 110 valence electrons. The second kappa shape index (κ2) is 7.04. The molecule has 22 heavy (non-hydrogen) atoms. The average molecular weight is 308 g/mol. The molecule has 4 nitrogen and oxygen atoms in total. The van der Waals surface area contributed by atoms with Crippen molar-refractivity contribution in [3.05, 3.63) is 77.6 Å². The lowest BCUT2D eigenvalue weighted by molar-refractivity contribution is 0.744. The quantitative estimate of drug-likeness (QED) is 0.532. The molecule has 0 amide bonds. The number of nitrogens with zero attached hydrogens (tertiary/aromatic N) is 4. The maximum Gasteiger partial charge on any atom is 0.212 e. The molecule has 1 heterocycles. The molecule has 0 aliphatic carbocycles. The predicted octanol–water partition coefficient (Wildman–Crippen LogP) is 3.76. The Morgan fingerprint density at radius 1 is 1.00 bits per heavy atom. The van der Waals surface area contributed by atoms with E-state index in [9.17, 15) is 0 Å². The maximum absolute atomic E-state index is 4.49. The minimum absolute atomic E-state index is 0.780. The van der Waals surface area contributed by atoms with E-state index in [4.69, 9.17) is 0 Å². The van der Waals surface area contributed by atoms with E-state index < -0.39 is 0 Å². The molecule has 0 aliphatic heterocycles. The summed E-state index contributed by atoms with van der Waals surface area (Å²) < 4.78 is 1.78. The summed E-state index contributed by atoms with van der Waals surface area (Å²) in [7, 11) is 0. The lowest BCUT2D eigenvalue weighted by Crippen LogP contribution is -1.96. The third-order valence-corrected chi connectivity index (χ3v) is 4.09. The standard InChI is InChI=1S/C17H16N4S/c1-14-19-20-17(22-13-16-10-6-3-7-11-16)21(14)18-12-15-8-4-2-5-9-15/h2-12H,13H2,1H3/b18-12-. The van der Waals surface area contributed by atoms with Gasteiger partial charge < -0.3 is 0 Å². The molecule has 1 aromatic heterocycles. The second-order valence-electron chi connectivity index (χ2n) is 4.77. The fourth-order valence-corrected chi connectivity index (χ4v) is 2.84. The minimum Gasteiger partial charge on any atom is -0.192 e. The Balaban J connectivity index is 1.75. The van der Waals surface area contributed by atoms with E-state index in [1.54, 1.807) is 16.4 Å². The molecule has 3 aromatic rings. The zero-order chi connectivity index (χ0) is 15.2. The molecular weight excluding hydrogens is 292 g/mol. The van der Waals surface area contributed by atoms with E-state index in [0.717, 1.165) is 22.3 Å². The molecule has 0 atom stereocenters. The van der Waals surface area contributed by atoms with Gasteiger partial charge in [-0.2, -0.15) is 9.78 Å². The summed E-state index contributed by atoms with van der Waals surface area (Å²) in [6.45, 7) is 1.90. The van der Waals surface area contributed by atoms with Crippen LogP contribution in [0.5, 0.6) is 0 Å². The smallest absolute Gasteiger partial charge is 0.192 e. The van der Waals surface area contributed by atoms with Crippen molar-refractivity contribution < 1.29 is 0 Å². The number of benzene rings is 2. The van der Waals surface area contributed by atoms with E-state index >= 15 is 0 Å². The van der Waals surface area contributed by atoms with Crippen LogP contribution in [0.1, 0.15) is 17.0 Å². The number of hydrogen-bond acceptors (Lipinski definition) is 4. The largest absolute Gasteiger partial charge is 0.212 e. The van der Waals surface area contributed by atoms with E-state index in [1.807, 2.05) is 61.7 Å². The molecule has 5 heteroatoms. The molecule has 0 spiro atoms. The van der Waals surface area contributed by atoms with Crippen molar-refractivity contribution in [2.75, 3.05) is 0 Å². The summed E-state index contributed by atoms with van der Waals surface area (Å²) in [5, 5.41) is 13.6. The lowest BCUT2D eigenvalue weighted by Gasteiger charge is -2.02. The summed E-state index contributed by atoms with van der Waals surface area (Å²) in [5.74, 6) is 1.63. The van der Waals surface area contributed by atoms with Gasteiger partial charge in [-0.3, -0.25) is 0 Å². The van der Waals surface area contributed by atoms with Gasteiger partial charge in [-0.25, -0.2) is 0 Å². The highest BCUT2D eigenvalue weighted by molar-refractivity contribution is 7.98. The number of aryl methyl sites for hydroxylation is 1. The third kappa shape index (κ3) is 3.62. The fourth-order valence-electron chi connectivity index (χ4n) is 1.95. The fraction of sp³-hybridized carbons (Fsp3) is 0.118. The van der Waals surface area contributed by atoms with Gasteiger partial charge in [-0.15, -0.1) is 10.2 Å². The van der Waals surface area contributed by atoms with Crippen LogP contribution in [-0.4, -0.2) is 21.1 Å². The van der Waals surface area contributed by atoms with Gasteiger partial charge in [0.15, 0.2) is 5.82 Å². The topological polar surface area (TPSA) is 43.1 Å². The first-order valence-electron chi connectivity index (χ1n) is 7.01. The Hall–Kier alpha value is -2.40. The maximum atomic E-state index is 4.49. The lowest BCUT2D eigenvalue weighted by atomic mass is 10.2. The highest BCUT2D eigenvalue weighted by Gasteiger charge is 2.08. The average Bonchev–Trinajstić information content (AvgIpc) is 2.93. The summed E-state index contributed by atoms with van der Waals surface area (Å²) in [6.07, 6.45) is 1.82. The minimum atomic E-state index is 0.780. The second-order valence-corrected chi connectivity index (χ2v) is 5.71. The van der Waals surface area contributed by atoms with Crippen LogP contribution in [-0.2, 0) is 5.75 Å². The van der Waals surface area contributed by atoms with Gasteiger partial charge in [-0.1, -0.05) is 72.4 Å². The van der Waals surface area contributed by atoms with Crippen LogP contribution in [0.3, 0.4) is 0 Å². The number of thioether (sulfide) groups is 1. The zero-order valence-electron chi connectivity index (χ0n) is 12.3. The van der Waals surface area contributed by atoms with Crippen molar-refractivity contribution in [3.63, 3.8) is 0 Å². The van der Waals surface area contributed by atoms with E-state index in [1.165, 1.54) is 5.56 Å². The van der Waals surface area contributed by atoms with E-state index in [0.29, 0.717) is 0 Å². The SMILES string of the molecule is Cc1nnc(SCc2ccccc2)n1/N=C\c1ccccc1. The van der Waals surface area contributed by atoms with Gasteiger partial charge in [0.05, 0.1) is 6.21 Å². The van der Waals surface area contributed by atoms with Crippen LogP contribution in [0.15, 0.2) is 70.9 Å². The van der Waals surface area contributed by atoms with Gasteiger partial charge in [0.1, 0.15) is 0 Å². The van der Waals surface area contributed by atoms with Crippen molar-refractivity contribution in [2.24, 2.45) is 5.10 Å². The molecule has 0 aliphatic rings. The Kier molecular flexibility index (Phi) is 4.65. The Labute approximate surface area is 133 Å². The highest BCUT2D eigenvalue weighted by atomic mass is 32.2. The summed E-state index contributed by atoms with van der Waals surface area (Å²) in [5.41, 5.74) is 2.31. The Morgan fingerprint density at radius 2 is 1.68 bits per heavy atom. The van der Waals surface area contributed by atoms with Crippen molar-refractivity contribution in [2.45, 2.75) is 17.8 Å². The van der Waals surface area contributed by atoms with Gasteiger partial charge in [0, 0.05) is 5.75 Å². The van der Waals surface area contributed by atoms with Gasteiger partial charge >= 0.3 is 0 Å². The molecule has 0 fully saturated rings. The highest BCUT2D eigenvalue weighted by Crippen LogP contribution is 2.21. The number of rotatable bonds is 5. The van der Waals surface area contributed by atoms with Crippen LogP contribution in [0, 0.1) is 6.92 Å². The van der Waals surface area contributed by atoms with Gasteiger partial charge in [0.25, 0.3) is 0 Å². The zero-order valence-corrected chi connectivity index (χ0v) is 13.1. The third-order valence-electron chi connectivity index (χ3n) is 3.10. The van der Waals surface area contributed by atoms with Crippen LogP contribution < -0.4 is 0 Å². The molecule has 0 bridgehead atoms. The molecule has 0 saturated heterocycles. The molecule has 0 unspecified atom stereocenters. The summed E-state index contributed by atoms with van der Waals surface area (Å²) >= 11 is 1.63. The van der Waals surface area contributed by atoms with Gasteiger partial charge in [0.2, 0.25) is 5.16 Å². The Morgan fingerprint density at radius 3 is 2.41 bits per heavy atom. The Bertz CT molecular complexity index is 751. The van der Waals surface area contributed by atoms with Crippen molar-refractivity contribution in [3.8, 4) is 0 Å². The number of hydrogen-bond donors (Lipinski definition) is 0. The van der Waals surface area contributed by atoms with E-state index in [-0.39, 0.29) is 0 Å². The summed E-state index contributed by atoms with van der Waals surface area (Å²) in [4.78, 5) is 0. The molecule has 3 rings (SSSR count). The molecule has 2 aromatic carbocycles. The number of aromatic nitrogens is 3. The molecule has 0 N–H and O–H groups in total. The molecule has 0 saturated carbocycles. The monoisotopic (exact) mass is 308 g/mol. The first-order valence-corrected chi connectivity index (χ1v) is 7.99. The van der Waals surface area contributed by atoms with Crippen LogP contribution in [0.4, 0.5) is 0 Å². The van der Waals surface area contributed by atoms with Crippen molar-refractivity contribution in [1.29, 1.82) is 0 Å². The van der Waals surface area contributed by atoms with Crippen LogP contribution in [0.2, 0.25) is 0 Å². The summed E-state index contributed by atoms with van der Waals surface area (Å²) in [6, 6.07) is 20.3. The normalized spacial score (nSPS) is 11.1. The van der Waals surface area contributed by atoms with Crippen LogP contribution >= 0.6 is 11.8 Å². The molecule has 0 radical (unpaired) electrons. The van der Waals surface area contributed by atoms with Crippen molar-refractivity contribution in [1.82, 2.24) is 14.9 Å². The first kappa shape index (κ1) is 14.5. The first-order chi connectivity index (χ1) is 10.8. The van der Waals surface area contributed by atoms with Crippen molar-refractivity contribution >= 4 is 18.0 Å².